The molecule has 172 valence electrons. The normalized spacial score (nSPS) is 12.1. The Morgan fingerprint density at radius 3 is 2.42 bits per heavy atom. The van der Waals surface area contributed by atoms with Gasteiger partial charge in [0.15, 0.2) is 5.96 Å². The highest BCUT2D eigenvalue weighted by Gasteiger charge is 2.14. The molecule has 1 amide bonds. The second-order valence-corrected chi connectivity index (χ2v) is 7.75. The highest BCUT2D eigenvalue weighted by Crippen LogP contribution is 2.14. The van der Waals surface area contributed by atoms with E-state index in [1.165, 1.54) is 11.3 Å². The Morgan fingerprint density at radius 1 is 1.19 bits per heavy atom. The van der Waals surface area contributed by atoms with Crippen molar-refractivity contribution in [3.05, 3.63) is 52.3 Å². The second-order valence-electron chi connectivity index (χ2n) is 7.75. The first kappa shape index (κ1) is 26.9. The number of unbranched alkanes of at least 4 members (excludes halogenated alkanes) is 1. The summed E-state index contributed by atoms with van der Waals surface area (Å²) in [4.78, 5) is 16.4. The first-order valence-electron chi connectivity index (χ1n) is 10.7. The van der Waals surface area contributed by atoms with Gasteiger partial charge in [0.1, 0.15) is 0 Å². The van der Waals surface area contributed by atoms with Crippen molar-refractivity contribution in [3.8, 4) is 0 Å². The Balaban J connectivity index is 0.00000480. The molecule has 1 heterocycles. The number of nitrogens with zero attached hydrogens (tertiary/aromatic N) is 3. The molecule has 1 atom stereocenters. The molecule has 0 saturated heterocycles. The SMILES string of the molecule is CCCCNC(=O)c1ccc(CNC(=NC)NC(C)Cc2c(C)nn(C)c2C)cc1.I. The lowest BCUT2D eigenvalue weighted by atomic mass is 10.1. The van der Waals surface area contributed by atoms with Crippen LogP contribution in [0.15, 0.2) is 29.3 Å². The van der Waals surface area contributed by atoms with Crippen LogP contribution in [0.2, 0.25) is 0 Å². The molecule has 8 heteroatoms. The second kappa shape index (κ2) is 13.3. The predicted molar refractivity (Wildman–Crippen MR) is 138 cm³/mol. The first-order chi connectivity index (χ1) is 14.3. The molecule has 0 spiro atoms. The molecule has 0 aliphatic heterocycles. The van der Waals surface area contributed by atoms with Crippen molar-refractivity contribution < 1.29 is 4.79 Å². The third-order valence-electron chi connectivity index (χ3n) is 5.27. The predicted octanol–water partition coefficient (Wildman–Crippen LogP) is 3.48. The molecular weight excluding hydrogens is 503 g/mol. The van der Waals surface area contributed by atoms with Crippen molar-refractivity contribution in [1.29, 1.82) is 0 Å². The van der Waals surface area contributed by atoms with E-state index in [2.05, 4.69) is 53.7 Å². The molecule has 0 aliphatic carbocycles. The summed E-state index contributed by atoms with van der Waals surface area (Å²) in [6, 6.07) is 7.89. The molecule has 1 aromatic heterocycles. The number of hydrogen-bond donors (Lipinski definition) is 3. The Labute approximate surface area is 203 Å². The van der Waals surface area contributed by atoms with Crippen molar-refractivity contribution in [2.45, 2.75) is 59.5 Å². The Hall–Kier alpha value is -2.10. The van der Waals surface area contributed by atoms with Gasteiger partial charge in [-0.3, -0.25) is 14.5 Å². The van der Waals surface area contributed by atoms with Crippen LogP contribution in [0.1, 0.15) is 59.6 Å². The molecule has 3 N–H and O–H groups in total. The fourth-order valence-corrected chi connectivity index (χ4v) is 3.34. The van der Waals surface area contributed by atoms with Gasteiger partial charge in [-0.1, -0.05) is 25.5 Å². The number of halogens is 1. The van der Waals surface area contributed by atoms with E-state index in [1.54, 1.807) is 7.05 Å². The summed E-state index contributed by atoms with van der Waals surface area (Å²) in [5.74, 6) is 0.735. The Kier molecular flexibility index (Phi) is 11.6. The third kappa shape index (κ3) is 8.16. The van der Waals surface area contributed by atoms with Crippen LogP contribution < -0.4 is 16.0 Å². The van der Waals surface area contributed by atoms with E-state index in [0.29, 0.717) is 12.1 Å². The number of aromatic nitrogens is 2. The molecule has 0 radical (unpaired) electrons. The van der Waals surface area contributed by atoms with Crippen LogP contribution in [0.3, 0.4) is 0 Å². The standard InChI is InChI=1S/C23H36N6O.HI/c1-7-8-13-25-22(30)20-11-9-19(10-12-20)15-26-23(24-5)27-16(2)14-21-17(3)28-29(6)18(21)4;/h9-12,16H,7-8,13-15H2,1-6H3,(H,25,30)(H2,24,26,27);1H. The fourth-order valence-electron chi connectivity index (χ4n) is 3.34. The molecule has 1 aromatic carbocycles. The monoisotopic (exact) mass is 540 g/mol. The maximum absolute atomic E-state index is 12.1. The van der Waals surface area contributed by atoms with Crippen molar-refractivity contribution in [2.24, 2.45) is 12.0 Å². The number of benzene rings is 1. The van der Waals surface area contributed by atoms with E-state index in [4.69, 9.17) is 0 Å². The zero-order valence-electron chi connectivity index (χ0n) is 19.6. The van der Waals surface area contributed by atoms with Crippen LogP contribution in [0, 0.1) is 13.8 Å². The van der Waals surface area contributed by atoms with Gasteiger partial charge in [0.05, 0.1) is 5.69 Å². The maximum atomic E-state index is 12.1. The average Bonchev–Trinajstić information content (AvgIpc) is 2.97. The summed E-state index contributed by atoms with van der Waals surface area (Å²) in [7, 11) is 3.75. The van der Waals surface area contributed by atoms with Crippen molar-refractivity contribution in [1.82, 2.24) is 25.7 Å². The highest BCUT2D eigenvalue weighted by molar-refractivity contribution is 14.0. The van der Waals surface area contributed by atoms with E-state index in [-0.39, 0.29) is 35.9 Å². The van der Waals surface area contributed by atoms with Gasteiger partial charge >= 0.3 is 0 Å². The minimum atomic E-state index is -0.0183. The van der Waals surface area contributed by atoms with Gasteiger partial charge in [0.25, 0.3) is 5.91 Å². The van der Waals surface area contributed by atoms with E-state index in [0.717, 1.165) is 43.0 Å². The zero-order valence-corrected chi connectivity index (χ0v) is 21.9. The molecule has 31 heavy (non-hydrogen) atoms. The molecule has 0 fully saturated rings. The number of nitrogens with one attached hydrogen (secondary N) is 3. The average molecular weight is 540 g/mol. The lowest BCUT2D eigenvalue weighted by Crippen LogP contribution is -2.42. The van der Waals surface area contributed by atoms with Crippen LogP contribution in [-0.2, 0) is 20.0 Å². The van der Waals surface area contributed by atoms with Crippen molar-refractivity contribution in [2.75, 3.05) is 13.6 Å². The first-order valence-corrected chi connectivity index (χ1v) is 10.7. The third-order valence-corrected chi connectivity index (χ3v) is 5.27. The number of guanidine groups is 1. The highest BCUT2D eigenvalue weighted by atomic mass is 127. The summed E-state index contributed by atoms with van der Waals surface area (Å²) < 4.78 is 1.93. The quantitative estimate of drug-likeness (QED) is 0.197. The van der Waals surface area contributed by atoms with Crippen molar-refractivity contribution in [3.63, 3.8) is 0 Å². The van der Waals surface area contributed by atoms with E-state index in [9.17, 15) is 4.79 Å². The number of rotatable bonds is 9. The van der Waals surface area contributed by atoms with Gasteiger partial charge in [-0.25, -0.2) is 0 Å². The summed E-state index contributed by atoms with van der Waals surface area (Å²) in [6.07, 6.45) is 2.95. The summed E-state index contributed by atoms with van der Waals surface area (Å²) in [5.41, 5.74) is 5.33. The smallest absolute Gasteiger partial charge is 0.251 e. The number of carbonyl (C=O) groups excluding carboxylic acids is 1. The number of aryl methyl sites for hydroxylation is 2. The topological polar surface area (TPSA) is 83.3 Å². The van der Waals surface area contributed by atoms with E-state index in [1.807, 2.05) is 36.0 Å². The van der Waals surface area contributed by atoms with Gasteiger partial charge < -0.3 is 16.0 Å². The minimum Gasteiger partial charge on any atom is -0.354 e. The van der Waals surface area contributed by atoms with Gasteiger partial charge in [0.2, 0.25) is 0 Å². The Bertz CT molecular complexity index is 860. The maximum Gasteiger partial charge on any atom is 0.251 e. The van der Waals surface area contributed by atoms with Crippen molar-refractivity contribution >= 4 is 35.8 Å². The van der Waals surface area contributed by atoms with Gasteiger partial charge in [-0.05, 0) is 56.9 Å². The molecule has 2 rings (SSSR count). The van der Waals surface area contributed by atoms with Crippen LogP contribution in [-0.4, -0.2) is 41.3 Å². The number of hydrogen-bond acceptors (Lipinski definition) is 3. The van der Waals surface area contributed by atoms with Crippen LogP contribution in [0.25, 0.3) is 0 Å². The van der Waals surface area contributed by atoms with E-state index >= 15 is 0 Å². The van der Waals surface area contributed by atoms with Gasteiger partial charge in [-0.2, -0.15) is 5.10 Å². The largest absolute Gasteiger partial charge is 0.354 e. The van der Waals surface area contributed by atoms with Gasteiger partial charge in [-0.15, -0.1) is 24.0 Å². The molecule has 0 aliphatic rings. The molecule has 7 nitrogen and oxygen atoms in total. The van der Waals surface area contributed by atoms with Gasteiger partial charge in [0, 0.05) is 44.5 Å². The lowest BCUT2D eigenvalue weighted by Gasteiger charge is -2.18. The van der Waals surface area contributed by atoms with E-state index < -0.39 is 0 Å². The Morgan fingerprint density at radius 2 is 1.87 bits per heavy atom. The molecule has 0 saturated carbocycles. The number of carbonyl (C=O) groups is 1. The van der Waals surface area contributed by atoms with Crippen LogP contribution in [0.5, 0.6) is 0 Å². The summed E-state index contributed by atoms with van der Waals surface area (Å²) in [6.45, 7) is 9.76. The molecular formula is C23H37IN6O. The minimum absolute atomic E-state index is 0. The summed E-state index contributed by atoms with van der Waals surface area (Å²) in [5, 5.41) is 14.2. The number of amides is 1. The molecule has 1 unspecified atom stereocenters. The lowest BCUT2D eigenvalue weighted by molar-refractivity contribution is 0.0953. The summed E-state index contributed by atoms with van der Waals surface area (Å²) >= 11 is 0. The fraction of sp³-hybridized carbons (Fsp3) is 0.522. The van der Waals surface area contributed by atoms with Crippen LogP contribution in [0.4, 0.5) is 0 Å². The zero-order chi connectivity index (χ0) is 22.1. The molecule has 0 bridgehead atoms. The number of aliphatic imine (C=N–C) groups is 1. The molecule has 2 aromatic rings. The van der Waals surface area contributed by atoms with Crippen LogP contribution >= 0.6 is 24.0 Å².